The number of nitriles is 1. The zero-order valence-corrected chi connectivity index (χ0v) is 9.46. The highest BCUT2D eigenvalue weighted by atomic mass is 19.1. The lowest BCUT2D eigenvalue weighted by Crippen LogP contribution is -2.01. The number of halogens is 2. The number of hydrogen-bond acceptors (Lipinski definition) is 3. The lowest BCUT2D eigenvalue weighted by Gasteiger charge is -2.02. The van der Waals surface area contributed by atoms with Gasteiger partial charge in [-0.15, -0.1) is 0 Å². The minimum Gasteiger partial charge on any atom is -0.266 e. The van der Waals surface area contributed by atoms with E-state index in [9.17, 15) is 8.78 Å². The third kappa shape index (κ3) is 2.86. The highest BCUT2D eigenvalue weighted by Gasteiger charge is 2.08. The average Bonchev–Trinajstić information content (AvgIpc) is 2.70. The molecule has 1 aromatic carbocycles. The van der Waals surface area contributed by atoms with Crippen LogP contribution in [0.15, 0.2) is 29.5 Å². The lowest BCUT2D eigenvalue weighted by molar-refractivity contribution is 0.574. The molecule has 0 saturated heterocycles. The van der Waals surface area contributed by atoms with Gasteiger partial charge in [0.15, 0.2) is 5.82 Å². The van der Waals surface area contributed by atoms with E-state index in [1.165, 1.54) is 10.9 Å². The van der Waals surface area contributed by atoms with Gasteiger partial charge < -0.3 is 0 Å². The summed E-state index contributed by atoms with van der Waals surface area (Å²) in [7, 11) is 0. The molecule has 2 aromatic rings. The van der Waals surface area contributed by atoms with Crippen LogP contribution < -0.4 is 0 Å². The largest absolute Gasteiger partial charge is 0.266 e. The molecule has 6 nitrogen and oxygen atoms in total. The maximum atomic E-state index is 13.0. The van der Waals surface area contributed by atoms with Crippen molar-refractivity contribution in [2.45, 2.75) is 6.54 Å². The van der Waals surface area contributed by atoms with Crippen LogP contribution in [0.4, 0.5) is 14.6 Å². The summed E-state index contributed by atoms with van der Waals surface area (Å²) in [4.78, 5) is 2.54. The van der Waals surface area contributed by atoms with E-state index in [1.54, 1.807) is 0 Å². The first-order chi connectivity index (χ1) is 9.12. The molecule has 19 heavy (non-hydrogen) atoms. The second-order valence-corrected chi connectivity index (χ2v) is 3.64. The van der Waals surface area contributed by atoms with Gasteiger partial charge in [-0.2, -0.15) is 10.4 Å². The van der Waals surface area contributed by atoms with Gasteiger partial charge >= 0.3 is 0 Å². The molecule has 0 unspecified atom stereocenters. The van der Waals surface area contributed by atoms with Crippen molar-refractivity contribution in [3.8, 4) is 6.07 Å². The molecule has 0 aliphatic rings. The molecular formula is C11H6F2N6. The Morgan fingerprint density at radius 2 is 2.05 bits per heavy atom. The first-order valence-corrected chi connectivity index (χ1v) is 5.10. The van der Waals surface area contributed by atoms with E-state index < -0.39 is 11.6 Å². The summed E-state index contributed by atoms with van der Waals surface area (Å²) in [6.45, 7) is 0.0598. The molecule has 0 fully saturated rings. The Bertz CT molecular complexity index is 688. The van der Waals surface area contributed by atoms with Crippen molar-refractivity contribution in [3.63, 3.8) is 0 Å². The Hall–Kier alpha value is -2.91. The Morgan fingerprint density at radius 3 is 2.63 bits per heavy atom. The van der Waals surface area contributed by atoms with E-state index in [4.69, 9.17) is 10.8 Å². The molecule has 1 heterocycles. The van der Waals surface area contributed by atoms with Crippen LogP contribution in [-0.2, 0) is 6.54 Å². The van der Waals surface area contributed by atoms with Crippen molar-refractivity contribution < 1.29 is 8.78 Å². The van der Waals surface area contributed by atoms with Crippen molar-refractivity contribution in [3.05, 3.63) is 57.6 Å². The topological polar surface area (TPSA) is 90.4 Å². The van der Waals surface area contributed by atoms with E-state index in [2.05, 4.69) is 15.1 Å². The molecular weight excluding hydrogens is 254 g/mol. The first-order valence-electron chi connectivity index (χ1n) is 5.10. The molecule has 0 amide bonds. The second-order valence-electron chi connectivity index (χ2n) is 3.64. The fourth-order valence-corrected chi connectivity index (χ4v) is 1.58. The van der Waals surface area contributed by atoms with E-state index in [0.717, 1.165) is 18.2 Å². The molecule has 8 heteroatoms. The van der Waals surface area contributed by atoms with Crippen LogP contribution in [-0.4, -0.2) is 9.78 Å². The van der Waals surface area contributed by atoms with Crippen molar-refractivity contribution in [2.75, 3.05) is 0 Å². The van der Waals surface area contributed by atoms with Crippen LogP contribution in [0, 0.1) is 23.0 Å². The normalized spacial score (nSPS) is 9.74. The Morgan fingerprint density at radius 1 is 1.37 bits per heavy atom. The molecule has 0 aliphatic heterocycles. The van der Waals surface area contributed by atoms with Gasteiger partial charge in [0.2, 0.25) is 0 Å². The summed E-state index contributed by atoms with van der Waals surface area (Å²) in [5, 5.41) is 15.9. The predicted molar refractivity (Wildman–Crippen MR) is 61.2 cm³/mol. The van der Waals surface area contributed by atoms with Crippen LogP contribution in [0.1, 0.15) is 11.1 Å². The third-order valence-electron chi connectivity index (χ3n) is 2.27. The standard InChI is InChI=1S/C11H6F2N6/c12-9-1-7(2-10(13)3-9)5-19-6-8(4-14)11(17-19)16-18-15/h1-3,6H,5H2. The minimum atomic E-state index is -0.696. The van der Waals surface area contributed by atoms with Crippen LogP contribution in [0.2, 0.25) is 0 Å². The number of azide groups is 1. The van der Waals surface area contributed by atoms with Crippen molar-refractivity contribution in [1.29, 1.82) is 5.26 Å². The lowest BCUT2D eigenvalue weighted by atomic mass is 10.2. The maximum Gasteiger partial charge on any atom is 0.166 e. The summed E-state index contributed by atoms with van der Waals surface area (Å²) in [6, 6.07) is 4.89. The second kappa shape index (κ2) is 5.16. The fourth-order valence-electron chi connectivity index (χ4n) is 1.58. The van der Waals surface area contributed by atoms with Gasteiger partial charge in [-0.3, -0.25) is 4.68 Å². The number of hydrogen-bond donors (Lipinski definition) is 0. The van der Waals surface area contributed by atoms with E-state index in [-0.39, 0.29) is 17.9 Å². The number of benzene rings is 1. The smallest absolute Gasteiger partial charge is 0.166 e. The number of nitrogens with zero attached hydrogens (tertiary/aromatic N) is 6. The van der Waals surface area contributed by atoms with Gasteiger partial charge in [0.1, 0.15) is 17.7 Å². The average molecular weight is 260 g/mol. The monoisotopic (exact) mass is 260 g/mol. The van der Waals surface area contributed by atoms with Gasteiger partial charge in [-0.1, -0.05) is 0 Å². The summed E-state index contributed by atoms with van der Waals surface area (Å²) >= 11 is 0. The minimum absolute atomic E-state index is 0.0598. The predicted octanol–water partition coefficient (Wildman–Crippen LogP) is 3.02. The van der Waals surface area contributed by atoms with Gasteiger partial charge in [-0.05, 0) is 28.3 Å². The summed E-state index contributed by atoms with van der Waals surface area (Å²) in [5.74, 6) is -1.46. The summed E-state index contributed by atoms with van der Waals surface area (Å²) < 4.78 is 27.3. The number of aromatic nitrogens is 2. The molecule has 1 aromatic heterocycles. The first kappa shape index (κ1) is 12.5. The highest BCUT2D eigenvalue weighted by molar-refractivity contribution is 5.45. The Kier molecular flexibility index (Phi) is 3.41. The molecule has 0 atom stereocenters. The maximum absolute atomic E-state index is 13.0. The number of rotatable bonds is 3. The summed E-state index contributed by atoms with van der Waals surface area (Å²) in [5.41, 5.74) is 8.75. The quantitative estimate of drug-likeness (QED) is 0.482. The molecule has 0 aliphatic carbocycles. The Balaban J connectivity index is 2.33. The van der Waals surface area contributed by atoms with Crippen LogP contribution >= 0.6 is 0 Å². The highest BCUT2D eigenvalue weighted by Crippen LogP contribution is 2.17. The van der Waals surface area contributed by atoms with Gasteiger partial charge in [0, 0.05) is 17.2 Å². The molecule has 0 saturated carbocycles. The third-order valence-corrected chi connectivity index (χ3v) is 2.27. The fraction of sp³-hybridized carbons (Fsp3) is 0.0909. The molecule has 2 rings (SSSR count). The van der Waals surface area contributed by atoms with Gasteiger partial charge in [-0.25, -0.2) is 8.78 Å². The molecule has 0 N–H and O–H groups in total. The van der Waals surface area contributed by atoms with Crippen molar-refractivity contribution >= 4 is 5.82 Å². The molecule has 0 radical (unpaired) electrons. The SMILES string of the molecule is N#Cc1cn(Cc2cc(F)cc(F)c2)nc1N=[N+]=[N-]. The zero-order valence-electron chi connectivity index (χ0n) is 9.46. The van der Waals surface area contributed by atoms with Gasteiger partial charge in [0.05, 0.1) is 12.1 Å². The zero-order chi connectivity index (χ0) is 13.8. The Labute approximate surface area is 106 Å². The van der Waals surface area contributed by atoms with E-state index in [1.807, 2.05) is 6.07 Å². The van der Waals surface area contributed by atoms with E-state index >= 15 is 0 Å². The molecule has 0 spiro atoms. The van der Waals surface area contributed by atoms with Crippen LogP contribution in [0.25, 0.3) is 10.4 Å². The van der Waals surface area contributed by atoms with Crippen LogP contribution in [0.3, 0.4) is 0 Å². The van der Waals surface area contributed by atoms with Gasteiger partial charge in [0.25, 0.3) is 0 Å². The molecule has 0 bridgehead atoms. The molecule has 94 valence electrons. The van der Waals surface area contributed by atoms with Crippen molar-refractivity contribution in [1.82, 2.24) is 9.78 Å². The van der Waals surface area contributed by atoms with E-state index in [0.29, 0.717) is 5.56 Å². The van der Waals surface area contributed by atoms with Crippen LogP contribution in [0.5, 0.6) is 0 Å². The van der Waals surface area contributed by atoms with Crippen molar-refractivity contribution in [2.24, 2.45) is 5.11 Å². The summed E-state index contributed by atoms with van der Waals surface area (Å²) in [6.07, 6.45) is 1.34.